The van der Waals surface area contributed by atoms with Gasteiger partial charge in [-0.1, -0.05) is 6.92 Å². The largest absolute Gasteiger partial charge is 0.337 e. The molecule has 1 saturated heterocycles. The maximum atomic E-state index is 13.7. The molecule has 0 saturated carbocycles. The molecule has 1 fully saturated rings. The number of rotatable bonds is 4. The van der Waals surface area contributed by atoms with Crippen molar-refractivity contribution in [2.24, 2.45) is 0 Å². The molecule has 0 spiro atoms. The van der Waals surface area contributed by atoms with Crippen molar-refractivity contribution in [1.29, 1.82) is 0 Å². The quantitative estimate of drug-likeness (QED) is 0.836. The van der Waals surface area contributed by atoms with Gasteiger partial charge in [-0.05, 0) is 31.0 Å². The molecule has 2 rings (SSSR count). The van der Waals surface area contributed by atoms with Crippen LogP contribution in [0.5, 0.6) is 0 Å². The Kier molecular flexibility index (Phi) is 5.69. The Morgan fingerprint density at radius 2 is 1.91 bits per heavy atom. The third-order valence-electron chi connectivity index (χ3n) is 3.76. The summed E-state index contributed by atoms with van der Waals surface area (Å²) in [5.74, 6) is -2.01. The van der Waals surface area contributed by atoms with Crippen molar-refractivity contribution in [2.75, 3.05) is 31.9 Å². The molecular weight excluding hydrogens is 326 g/mol. The van der Waals surface area contributed by atoms with Crippen LogP contribution in [0.15, 0.2) is 18.2 Å². The van der Waals surface area contributed by atoms with Crippen LogP contribution in [-0.2, 0) is 10.0 Å². The first-order chi connectivity index (χ1) is 10.8. The standard InChI is InChI=1S/C15H20F2N2O3S/c1-2-10-23(21,22)19-7-3-6-18(8-9-19)15(20)13-11-12(16)4-5-14(13)17/h4-5,11H,2-3,6-10H2,1H3. The Bertz CT molecular complexity index is 679. The van der Waals surface area contributed by atoms with Crippen LogP contribution >= 0.6 is 0 Å². The lowest BCUT2D eigenvalue weighted by molar-refractivity contribution is 0.0759. The van der Waals surface area contributed by atoms with Crippen LogP contribution in [0, 0.1) is 11.6 Å². The lowest BCUT2D eigenvalue weighted by Gasteiger charge is -2.22. The van der Waals surface area contributed by atoms with E-state index in [1.165, 1.54) is 9.21 Å². The summed E-state index contributed by atoms with van der Waals surface area (Å²) in [6, 6.07) is 2.74. The van der Waals surface area contributed by atoms with E-state index in [4.69, 9.17) is 0 Å². The number of carbonyl (C=O) groups is 1. The maximum Gasteiger partial charge on any atom is 0.256 e. The monoisotopic (exact) mass is 346 g/mol. The van der Waals surface area contributed by atoms with Crippen LogP contribution in [0.25, 0.3) is 0 Å². The molecule has 1 amide bonds. The molecule has 0 bridgehead atoms. The van der Waals surface area contributed by atoms with E-state index >= 15 is 0 Å². The minimum Gasteiger partial charge on any atom is -0.337 e. The molecule has 0 aliphatic carbocycles. The van der Waals surface area contributed by atoms with Crippen molar-refractivity contribution in [3.63, 3.8) is 0 Å². The first-order valence-corrected chi connectivity index (χ1v) is 9.18. The molecule has 0 radical (unpaired) electrons. The number of hydrogen-bond donors (Lipinski definition) is 0. The van der Waals surface area contributed by atoms with Crippen molar-refractivity contribution in [2.45, 2.75) is 19.8 Å². The Hall–Kier alpha value is -1.54. The second kappa shape index (κ2) is 7.35. The Morgan fingerprint density at radius 3 is 2.61 bits per heavy atom. The smallest absolute Gasteiger partial charge is 0.256 e. The fraction of sp³-hybridized carbons (Fsp3) is 0.533. The number of halogens is 2. The molecule has 5 nitrogen and oxygen atoms in total. The number of nitrogens with zero attached hydrogens (tertiary/aromatic N) is 2. The van der Waals surface area contributed by atoms with E-state index in [0.29, 0.717) is 25.9 Å². The lowest BCUT2D eigenvalue weighted by atomic mass is 10.1. The normalized spacial score (nSPS) is 17.1. The van der Waals surface area contributed by atoms with Crippen LogP contribution in [0.4, 0.5) is 8.78 Å². The van der Waals surface area contributed by atoms with Crippen LogP contribution in [0.1, 0.15) is 30.1 Å². The number of benzene rings is 1. The third kappa shape index (κ3) is 4.26. The lowest BCUT2D eigenvalue weighted by Crippen LogP contribution is -2.38. The molecule has 1 aromatic carbocycles. The van der Waals surface area contributed by atoms with E-state index in [2.05, 4.69) is 0 Å². The van der Waals surface area contributed by atoms with Gasteiger partial charge in [0.25, 0.3) is 5.91 Å². The Morgan fingerprint density at radius 1 is 1.17 bits per heavy atom. The minimum atomic E-state index is -3.32. The van der Waals surface area contributed by atoms with Gasteiger partial charge >= 0.3 is 0 Å². The van der Waals surface area contributed by atoms with E-state index in [1.54, 1.807) is 6.92 Å². The highest BCUT2D eigenvalue weighted by atomic mass is 32.2. The molecular formula is C15H20F2N2O3S. The van der Waals surface area contributed by atoms with Crippen molar-refractivity contribution in [1.82, 2.24) is 9.21 Å². The molecule has 1 aliphatic heterocycles. The zero-order chi connectivity index (χ0) is 17.0. The van der Waals surface area contributed by atoms with Crippen LogP contribution < -0.4 is 0 Å². The molecule has 0 unspecified atom stereocenters. The summed E-state index contributed by atoms with van der Waals surface area (Å²) < 4.78 is 52.5. The van der Waals surface area contributed by atoms with Crippen molar-refractivity contribution >= 4 is 15.9 Å². The summed E-state index contributed by atoms with van der Waals surface area (Å²) in [5, 5.41) is 0. The Labute approximate surface area is 134 Å². The van der Waals surface area contributed by atoms with Gasteiger partial charge in [-0.15, -0.1) is 0 Å². The summed E-state index contributed by atoms with van der Waals surface area (Å²) in [4.78, 5) is 13.7. The molecule has 1 aliphatic rings. The highest BCUT2D eigenvalue weighted by Crippen LogP contribution is 2.16. The predicted molar refractivity (Wildman–Crippen MR) is 82.5 cm³/mol. The van der Waals surface area contributed by atoms with E-state index in [1.807, 2.05) is 0 Å². The van der Waals surface area contributed by atoms with E-state index in [9.17, 15) is 22.0 Å². The Balaban J connectivity index is 2.11. The van der Waals surface area contributed by atoms with Gasteiger partial charge in [-0.2, -0.15) is 0 Å². The average Bonchev–Trinajstić information content (AvgIpc) is 2.75. The van der Waals surface area contributed by atoms with Crippen molar-refractivity contribution in [3.8, 4) is 0 Å². The van der Waals surface area contributed by atoms with Gasteiger partial charge in [0, 0.05) is 26.2 Å². The topological polar surface area (TPSA) is 57.7 Å². The highest BCUT2D eigenvalue weighted by molar-refractivity contribution is 7.89. The molecule has 0 atom stereocenters. The fourth-order valence-corrected chi connectivity index (χ4v) is 4.14. The molecule has 0 N–H and O–H groups in total. The molecule has 0 aromatic heterocycles. The van der Waals surface area contributed by atoms with Gasteiger partial charge in [0.1, 0.15) is 11.6 Å². The molecule has 23 heavy (non-hydrogen) atoms. The van der Waals surface area contributed by atoms with Crippen molar-refractivity contribution < 1.29 is 22.0 Å². The first kappa shape index (κ1) is 17.8. The molecule has 8 heteroatoms. The average molecular weight is 346 g/mol. The zero-order valence-electron chi connectivity index (χ0n) is 13.0. The van der Waals surface area contributed by atoms with Crippen LogP contribution in [-0.4, -0.2) is 55.5 Å². The van der Waals surface area contributed by atoms with E-state index < -0.39 is 27.6 Å². The van der Waals surface area contributed by atoms with Gasteiger partial charge in [0.2, 0.25) is 10.0 Å². The summed E-state index contributed by atoms with van der Waals surface area (Å²) >= 11 is 0. The first-order valence-electron chi connectivity index (χ1n) is 7.57. The summed E-state index contributed by atoms with van der Waals surface area (Å²) in [6.07, 6.45) is 0.988. The summed E-state index contributed by atoms with van der Waals surface area (Å²) in [6.45, 7) is 2.77. The second-order valence-electron chi connectivity index (χ2n) is 5.48. The third-order valence-corrected chi connectivity index (χ3v) is 5.83. The van der Waals surface area contributed by atoms with E-state index in [0.717, 1.165) is 18.2 Å². The number of hydrogen-bond acceptors (Lipinski definition) is 3. The van der Waals surface area contributed by atoms with Gasteiger partial charge in [-0.25, -0.2) is 21.5 Å². The van der Waals surface area contributed by atoms with E-state index in [-0.39, 0.29) is 24.4 Å². The summed E-state index contributed by atoms with van der Waals surface area (Å²) in [7, 11) is -3.32. The number of amides is 1. The molecule has 1 heterocycles. The maximum absolute atomic E-state index is 13.7. The van der Waals surface area contributed by atoms with Crippen LogP contribution in [0.3, 0.4) is 0 Å². The highest BCUT2D eigenvalue weighted by Gasteiger charge is 2.27. The fourth-order valence-electron chi connectivity index (χ4n) is 2.59. The predicted octanol–water partition coefficient (Wildman–Crippen LogP) is 1.85. The van der Waals surface area contributed by atoms with Gasteiger partial charge in [0.05, 0.1) is 11.3 Å². The number of carbonyl (C=O) groups excluding carboxylic acids is 1. The summed E-state index contributed by atoms with van der Waals surface area (Å²) in [5.41, 5.74) is -0.324. The van der Waals surface area contributed by atoms with Crippen molar-refractivity contribution in [3.05, 3.63) is 35.4 Å². The SMILES string of the molecule is CCCS(=O)(=O)N1CCCN(C(=O)c2cc(F)ccc2F)CC1. The number of sulfonamides is 1. The minimum absolute atomic E-state index is 0.0689. The molecule has 128 valence electrons. The molecule has 1 aromatic rings. The second-order valence-corrected chi connectivity index (χ2v) is 7.57. The van der Waals surface area contributed by atoms with Crippen LogP contribution in [0.2, 0.25) is 0 Å². The van der Waals surface area contributed by atoms with Gasteiger partial charge in [-0.3, -0.25) is 4.79 Å². The zero-order valence-corrected chi connectivity index (χ0v) is 13.8. The van der Waals surface area contributed by atoms with Gasteiger partial charge in [0.15, 0.2) is 0 Å². The van der Waals surface area contributed by atoms with Gasteiger partial charge < -0.3 is 4.90 Å².